The van der Waals surface area contributed by atoms with E-state index in [-0.39, 0.29) is 29.5 Å². The molecule has 1 saturated heterocycles. The van der Waals surface area contributed by atoms with E-state index in [1.54, 1.807) is 48.2 Å². The number of carbonyl (C=O) groups is 1. The number of aromatic nitrogens is 2. The van der Waals surface area contributed by atoms with Crippen LogP contribution in [0.5, 0.6) is 0 Å². The van der Waals surface area contributed by atoms with Gasteiger partial charge in [-0.05, 0) is 30.7 Å². The Morgan fingerprint density at radius 1 is 1.03 bits per heavy atom. The van der Waals surface area contributed by atoms with Crippen LogP contribution in [0.4, 0.5) is 14.5 Å². The SMILES string of the molecule is Cc1nc(SCc2ccccc2F)[nH]c(=O)c1CC(=O)N1CCN(c2ccccc2F)CC1. The number of nitrogens with one attached hydrogen (secondary N) is 1. The molecule has 1 aromatic heterocycles. The minimum Gasteiger partial charge on any atom is -0.366 e. The molecule has 0 aliphatic carbocycles. The number of H-pyrrole nitrogens is 1. The summed E-state index contributed by atoms with van der Waals surface area (Å²) in [6.07, 6.45) is -0.0495. The number of benzene rings is 2. The fourth-order valence-corrected chi connectivity index (χ4v) is 4.68. The highest BCUT2D eigenvalue weighted by molar-refractivity contribution is 7.98. The van der Waals surface area contributed by atoms with Crippen molar-refractivity contribution < 1.29 is 13.6 Å². The number of thioether (sulfide) groups is 1. The van der Waals surface area contributed by atoms with Crippen LogP contribution in [0.1, 0.15) is 16.8 Å². The van der Waals surface area contributed by atoms with E-state index in [1.165, 1.54) is 23.9 Å². The Morgan fingerprint density at radius 3 is 2.36 bits per heavy atom. The van der Waals surface area contributed by atoms with Crippen LogP contribution in [0, 0.1) is 18.6 Å². The molecule has 1 fully saturated rings. The van der Waals surface area contributed by atoms with E-state index in [4.69, 9.17) is 0 Å². The topological polar surface area (TPSA) is 69.3 Å². The van der Waals surface area contributed by atoms with Gasteiger partial charge in [0.25, 0.3) is 5.56 Å². The van der Waals surface area contributed by atoms with Gasteiger partial charge in [0.05, 0.1) is 12.1 Å². The first-order valence-electron chi connectivity index (χ1n) is 10.7. The molecule has 1 amide bonds. The highest BCUT2D eigenvalue weighted by Crippen LogP contribution is 2.22. The zero-order valence-corrected chi connectivity index (χ0v) is 19.0. The number of anilines is 1. The number of piperazine rings is 1. The molecule has 0 spiro atoms. The smallest absolute Gasteiger partial charge is 0.255 e. The maximum Gasteiger partial charge on any atom is 0.255 e. The maximum absolute atomic E-state index is 14.0. The van der Waals surface area contributed by atoms with Gasteiger partial charge in [-0.1, -0.05) is 42.1 Å². The van der Waals surface area contributed by atoms with Crippen molar-refractivity contribution in [1.29, 1.82) is 0 Å². The average Bonchev–Trinajstić information content (AvgIpc) is 2.81. The molecule has 2 heterocycles. The largest absolute Gasteiger partial charge is 0.366 e. The Bertz CT molecular complexity index is 1210. The van der Waals surface area contributed by atoms with Gasteiger partial charge in [-0.15, -0.1) is 0 Å². The van der Waals surface area contributed by atoms with Crippen molar-refractivity contribution in [3.63, 3.8) is 0 Å². The van der Waals surface area contributed by atoms with Gasteiger partial charge in [-0.25, -0.2) is 13.8 Å². The van der Waals surface area contributed by atoms with Gasteiger partial charge in [0.1, 0.15) is 11.6 Å². The van der Waals surface area contributed by atoms with Crippen LogP contribution in [0.2, 0.25) is 0 Å². The lowest BCUT2D eigenvalue weighted by Gasteiger charge is -2.36. The van der Waals surface area contributed by atoms with Crippen molar-refractivity contribution >= 4 is 23.4 Å². The number of amides is 1. The normalized spacial score (nSPS) is 13.9. The van der Waals surface area contributed by atoms with Crippen molar-refractivity contribution in [3.05, 3.63) is 87.3 Å². The lowest BCUT2D eigenvalue weighted by atomic mass is 10.1. The van der Waals surface area contributed by atoms with Gasteiger partial charge in [0.2, 0.25) is 5.91 Å². The van der Waals surface area contributed by atoms with Crippen molar-refractivity contribution in [1.82, 2.24) is 14.9 Å². The Balaban J connectivity index is 1.37. The number of hydrogen-bond donors (Lipinski definition) is 1. The van der Waals surface area contributed by atoms with Crippen molar-refractivity contribution in [2.24, 2.45) is 0 Å². The Morgan fingerprint density at radius 2 is 1.70 bits per heavy atom. The van der Waals surface area contributed by atoms with E-state index in [2.05, 4.69) is 9.97 Å². The van der Waals surface area contributed by atoms with Crippen LogP contribution >= 0.6 is 11.8 Å². The molecule has 0 atom stereocenters. The van der Waals surface area contributed by atoms with Gasteiger partial charge in [-0.2, -0.15) is 0 Å². The first-order valence-corrected chi connectivity index (χ1v) is 11.6. The molecule has 3 aromatic rings. The first kappa shape index (κ1) is 23.0. The highest BCUT2D eigenvalue weighted by atomic mass is 32.2. The predicted molar refractivity (Wildman–Crippen MR) is 124 cm³/mol. The summed E-state index contributed by atoms with van der Waals surface area (Å²) in [6, 6.07) is 13.0. The summed E-state index contributed by atoms with van der Waals surface area (Å²) in [4.78, 5) is 36.2. The number of aryl methyl sites for hydroxylation is 1. The molecule has 172 valence electrons. The number of carbonyl (C=O) groups excluding carboxylic acids is 1. The summed E-state index contributed by atoms with van der Waals surface area (Å²) in [7, 11) is 0. The average molecular weight is 471 g/mol. The first-order chi connectivity index (χ1) is 15.9. The fraction of sp³-hybridized carbons (Fsp3) is 0.292. The van der Waals surface area contributed by atoms with Crippen molar-refractivity contribution in [2.75, 3.05) is 31.1 Å². The van der Waals surface area contributed by atoms with E-state index < -0.39 is 0 Å². The number of nitrogens with zero attached hydrogens (tertiary/aromatic N) is 3. The summed E-state index contributed by atoms with van der Waals surface area (Å²) in [6.45, 7) is 3.64. The molecule has 0 bridgehead atoms. The Hall–Kier alpha value is -3.20. The van der Waals surface area contributed by atoms with Gasteiger partial charge >= 0.3 is 0 Å². The van der Waals surface area contributed by atoms with Gasteiger partial charge < -0.3 is 14.8 Å². The molecule has 0 saturated carbocycles. The number of rotatable bonds is 6. The molecule has 1 N–H and O–H groups in total. The number of para-hydroxylation sites is 1. The highest BCUT2D eigenvalue weighted by Gasteiger charge is 2.24. The summed E-state index contributed by atoms with van der Waals surface area (Å²) in [5.74, 6) is -0.412. The van der Waals surface area contributed by atoms with Crippen LogP contribution in [0.25, 0.3) is 0 Å². The van der Waals surface area contributed by atoms with Crippen LogP contribution in [0.15, 0.2) is 58.5 Å². The molecule has 1 aliphatic heterocycles. The molecule has 0 radical (unpaired) electrons. The zero-order chi connectivity index (χ0) is 23.4. The number of aromatic amines is 1. The molecule has 9 heteroatoms. The van der Waals surface area contributed by atoms with Crippen LogP contribution in [-0.2, 0) is 17.0 Å². The second-order valence-electron chi connectivity index (χ2n) is 7.81. The Kier molecular flexibility index (Phi) is 7.08. The fourth-order valence-electron chi connectivity index (χ4n) is 3.79. The van der Waals surface area contributed by atoms with E-state index in [1.807, 2.05) is 4.90 Å². The number of halogens is 2. The monoisotopic (exact) mass is 470 g/mol. The summed E-state index contributed by atoms with van der Waals surface area (Å²) < 4.78 is 27.8. The van der Waals surface area contributed by atoms with E-state index in [0.717, 1.165) is 0 Å². The predicted octanol–water partition coefficient (Wildman–Crippen LogP) is 3.54. The lowest BCUT2D eigenvalue weighted by molar-refractivity contribution is -0.130. The minimum absolute atomic E-state index is 0.0495. The molecule has 4 rings (SSSR count). The van der Waals surface area contributed by atoms with Gasteiger partial charge in [0, 0.05) is 43.2 Å². The standard InChI is InChI=1S/C24H24F2N4O2S/c1-16-18(23(32)28-24(27-16)33-15-17-6-2-3-7-19(17)25)14-22(31)30-12-10-29(11-13-30)21-9-5-4-8-20(21)26/h2-9H,10-15H2,1H3,(H,27,28,32). The maximum atomic E-state index is 14.0. The third kappa shape index (κ3) is 5.42. The molecule has 1 aliphatic rings. The molecule has 33 heavy (non-hydrogen) atoms. The molecular weight excluding hydrogens is 446 g/mol. The van der Waals surface area contributed by atoms with Crippen molar-refractivity contribution in [2.45, 2.75) is 24.3 Å². The van der Waals surface area contributed by atoms with Crippen LogP contribution in [-0.4, -0.2) is 47.0 Å². The summed E-state index contributed by atoms with van der Waals surface area (Å²) in [5, 5.41) is 0.385. The summed E-state index contributed by atoms with van der Waals surface area (Å²) >= 11 is 1.23. The Labute approximate surface area is 194 Å². The zero-order valence-electron chi connectivity index (χ0n) is 18.2. The van der Waals surface area contributed by atoms with Gasteiger partial charge in [-0.3, -0.25) is 9.59 Å². The second kappa shape index (κ2) is 10.2. The minimum atomic E-state index is -0.364. The van der Waals surface area contributed by atoms with E-state index in [9.17, 15) is 18.4 Å². The van der Waals surface area contributed by atoms with Crippen molar-refractivity contribution in [3.8, 4) is 0 Å². The lowest BCUT2D eigenvalue weighted by Crippen LogP contribution is -2.49. The third-order valence-corrected chi connectivity index (χ3v) is 6.60. The van der Waals surface area contributed by atoms with E-state index >= 15 is 0 Å². The third-order valence-electron chi connectivity index (χ3n) is 5.68. The molecule has 0 unspecified atom stereocenters. The molecule has 2 aromatic carbocycles. The number of hydrogen-bond acceptors (Lipinski definition) is 5. The quantitative estimate of drug-likeness (QED) is 0.441. The second-order valence-corrected chi connectivity index (χ2v) is 8.78. The van der Waals surface area contributed by atoms with Crippen LogP contribution in [0.3, 0.4) is 0 Å². The van der Waals surface area contributed by atoms with Gasteiger partial charge in [0.15, 0.2) is 5.16 Å². The molecular formula is C24H24F2N4O2S. The summed E-state index contributed by atoms with van der Waals surface area (Å²) in [5.41, 5.74) is 1.50. The van der Waals surface area contributed by atoms with E-state index in [0.29, 0.717) is 59.6 Å². The molecule has 6 nitrogen and oxygen atoms in total. The van der Waals surface area contributed by atoms with Crippen LogP contribution < -0.4 is 10.5 Å².